The molecule has 1 saturated heterocycles. The van der Waals surface area contributed by atoms with Crippen molar-refractivity contribution in [2.24, 2.45) is 0 Å². The number of aromatic amines is 2. The van der Waals surface area contributed by atoms with E-state index in [2.05, 4.69) is 30.9 Å². The van der Waals surface area contributed by atoms with E-state index in [-0.39, 0.29) is 24.4 Å². The molecule has 1 spiro atoms. The molecule has 1 fully saturated rings. The molecule has 11 heteroatoms. The second-order valence-corrected chi connectivity index (χ2v) is 9.27. The number of benzene rings is 1. The van der Waals surface area contributed by atoms with Crippen LogP contribution in [0.2, 0.25) is 0 Å². The number of amides is 1. The Balaban J connectivity index is 1.61. The van der Waals surface area contributed by atoms with Crippen molar-refractivity contribution in [2.45, 2.75) is 17.8 Å². The zero-order chi connectivity index (χ0) is 25.1. The van der Waals surface area contributed by atoms with Crippen molar-refractivity contribution in [1.29, 1.82) is 0 Å². The minimum Gasteiger partial charge on any atom is -0.492 e. The summed E-state index contributed by atoms with van der Waals surface area (Å²) in [6.45, 7) is -0.111. The molecule has 2 aliphatic heterocycles. The number of hydrogen-bond acceptors (Lipinski definition) is 5. The minimum absolute atomic E-state index is 0.0308. The Morgan fingerprint density at radius 2 is 2.00 bits per heavy atom. The number of carbonyl (C=O) groups is 1. The third kappa shape index (κ3) is 3.41. The van der Waals surface area contributed by atoms with Gasteiger partial charge in [0.1, 0.15) is 5.65 Å². The van der Waals surface area contributed by atoms with Crippen molar-refractivity contribution in [3.8, 4) is 17.0 Å². The average Bonchev–Trinajstić information content (AvgIpc) is 3.47. The molecule has 4 aromatic rings. The molecule has 5 heterocycles. The first-order valence-corrected chi connectivity index (χ1v) is 11.5. The number of methoxy groups -OCH3 is 1. The first kappa shape index (κ1) is 22.5. The first-order valence-electron chi connectivity index (χ1n) is 11.5. The Morgan fingerprint density at radius 3 is 2.81 bits per heavy atom. The number of halogens is 3. The standard InChI is InChI=1S/C25H23F3N6O2/c1-36-20-15(26)3-2-4-16(20)33-19-17-21(24(11-32-23(17)35)9-25(27,28)12-29-10-24)34-18(19)13-5-7-30-22-14(13)6-8-31-22/h2-8,29,33-34H,9-12H2,1H3,(H,30,31)(H,32,35)/t24-/m0/s1. The lowest BCUT2D eigenvalue weighted by Gasteiger charge is -2.43. The van der Waals surface area contributed by atoms with Crippen LogP contribution in [0.15, 0.2) is 42.7 Å². The maximum absolute atomic E-state index is 14.6. The van der Waals surface area contributed by atoms with Crippen molar-refractivity contribution in [2.75, 3.05) is 32.1 Å². The Labute approximate surface area is 203 Å². The number of pyridine rings is 1. The van der Waals surface area contributed by atoms with E-state index >= 15 is 0 Å². The molecule has 0 aliphatic carbocycles. The molecular weight excluding hydrogens is 473 g/mol. The highest BCUT2D eigenvalue weighted by Gasteiger charge is 2.52. The van der Waals surface area contributed by atoms with Crippen molar-refractivity contribution in [3.05, 3.63) is 59.8 Å². The van der Waals surface area contributed by atoms with E-state index in [0.717, 1.165) is 5.39 Å². The third-order valence-electron chi connectivity index (χ3n) is 6.95. The third-order valence-corrected chi connectivity index (χ3v) is 6.95. The molecule has 1 amide bonds. The summed E-state index contributed by atoms with van der Waals surface area (Å²) in [6, 6.07) is 8.02. The lowest BCUT2D eigenvalue weighted by Crippen LogP contribution is -2.60. The number of rotatable bonds is 4. The Hall–Kier alpha value is -3.99. The maximum atomic E-state index is 14.6. The van der Waals surface area contributed by atoms with Gasteiger partial charge in [-0.05, 0) is 24.3 Å². The smallest absolute Gasteiger partial charge is 0.261 e. The topological polar surface area (TPSA) is 107 Å². The predicted octanol–water partition coefficient (Wildman–Crippen LogP) is 4.06. The van der Waals surface area contributed by atoms with Gasteiger partial charge in [0, 0.05) is 54.0 Å². The van der Waals surface area contributed by atoms with E-state index in [4.69, 9.17) is 4.74 Å². The van der Waals surface area contributed by atoms with Gasteiger partial charge in [-0.15, -0.1) is 0 Å². The van der Waals surface area contributed by atoms with Crippen LogP contribution in [-0.2, 0) is 5.41 Å². The maximum Gasteiger partial charge on any atom is 0.261 e. The highest BCUT2D eigenvalue weighted by Crippen LogP contribution is 2.47. The summed E-state index contributed by atoms with van der Waals surface area (Å²) in [4.78, 5) is 24.0. The lowest BCUT2D eigenvalue weighted by molar-refractivity contribution is -0.0494. The number of aromatic nitrogens is 3. The van der Waals surface area contributed by atoms with Gasteiger partial charge in [-0.2, -0.15) is 0 Å². The zero-order valence-electron chi connectivity index (χ0n) is 19.3. The predicted molar refractivity (Wildman–Crippen MR) is 129 cm³/mol. The van der Waals surface area contributed by atoms with Crippen LogP contribution in [0.25, 0.3) is 22.3 Å². The number of hydrogen-bond donors (Lipinski definition) is 5. The fourth-order valence-corrected chi connectivity index (χ4v) is 5.41. The van der Waals surface area contributed by atoms with Crippen molar-refractivity contribution in [1.82, 2.24) is 25.6 Å². The van der Waals surface area contributed by atoms with Crippen LogP contribution in [-0.4, -0.2) is 53.5 Å². The fourth-order valence-electron chi connectivity index (χ4n) is 5.41. The van der Waals surface area contributed by atoms with Gasteiger partial charge < -0.3 is 30.7 Å². The molecule has 6 rings (SSSR count). The number of carbonyl (C=O) groups excluding carboxylic acids is 1. The fraction of sp³-hybridized carbons (Fsp3) is 0.280. The molecule has 0 saturated carbocycles. The molecule has 5 N–H and O–H groups in total. The number of para-hydroxylation sites is 1. The second kappa shape index (κ2) is 8.02. The molecule has 0 bridgehead atoms. The Morgan fingerprint density at radius 1 is 1.14 bits per heavy atom. The quantitative estimate of drug-likeness (QED) is 0.293. The molecule has 186 valence electrons. The molecular formula is C25H23F3N6O2. The number of ether oxygens (including phenoxy) is 1. The summed E-state index contributed by atoms with van der Waals surface area (Å²) in [5.41, 5.74) is 2.02. The summed E-state index contributed by atoms with van der Waals surface area (Å²) < 4.78 is 49.0. The summed E-state index contributed by atoms with van der Waals surface area (Å²) in [6.07, 6.45) is 2.93. The van der Waals surface area contributed by atoms with Gasteiger partial charge in [-0.3, -0.25) is 4.79 Å². The Kier molecular flexibility index (Phi) is 5.01. The van der Waals surface area contributed by atoms with Crippen LogP contribution >= 0.6 is 0 Å². The largest absolute Gasteiger partial charge is 0.492 e. The summed E-state index contributed by atoms with van der Waals surface area (Å²) >= 11 is 0. The number of piperidine rings is 1. The SMILES string of the molecule is COc1c(F)cccc1Nc1c(-c2ccnc3[nH]ccc23)[nH]c2c1C(=O)NC[C@]21CNCC(F)(F)C1. The van der Waals surface area contributed by atoms with Crippen molar-refractivity contribution < 1.29 is 22.7 Å². The van der Waals surface area contributed by atoms with Gasteiger partial charge in [-0.1, -0.05) is 6.07 Å². The highest BCUT2D eigenvalue weighted by atomic mass is 19.3. The molecule has 0 radical (unpaired) electrons. The summed E-state index contributed by atoms with van der Waals surface area (Å²) in [7, 11) is 1.35. The lowest BCUT2D eigenvalue weighted by atomic mass is 9.73. The van der Waals surface area contributed by atoms with E-state index in [1.54, 1.807) is 24.5 Å². The molecule has 1 atom stereocenters. The number of nitrogens with zero attached hydrogens (tertiary/aromatic N) is 1. The van der Waals surface area contributed by atoms with Gasteiger partial charge in [0.25, 0.3) is 11.8 Å². The van der Waals surface area contributed by atoms with E-state index in [1.807, 2.05) is 6.07 Å². The summed E-state index contributed by atoms with van der Waals surface area (Å²) in [5, 5.41) is 9.58. The van der Waals surface area contributed by atoms with Gasteiger partial charge in [0.05, 0.1) is 36.3 Å². The minimum atomic E-state index is -2.95. The highest BCUT2D eigenvalue weighted by molar-refractivity contribution is 6.09. The van der Waals surface area contributed by atoms with Gasteiger partial charge in [0.2, 0.25) is 0 Å². The summed E-state index contributed by atoms with van der Waals surface area (Å²) in [5.74, 6) is -3.98. The molecule has 3 aromatic heterocycles. The van der Waals surface area contributed by atoms with E-state index in [1.165, 1.54) is 19.2 Å². The van der Waals surface area contributed by atoms with Crippen LogP contribution < -0.4 is 20.7 Å². The normalized spacial score (nSPS) is 20.8. The zero-order valence-corrected chi connectivity index (χ0v) is 19.3. The molecule has 2 aliphatic rings. The van der Waals surface area contributed by atoms with Crippen molar-refractivity contribution >= 4 is 28.3 Å². The second-order valence-electron chi connectivity index (χ2n) is 9.27. The number of fused-ring (bicyclic) bond motifs is 3. The number of anilines is 2. The van der Waals surface area contributed by atoms with Crippen molar-refractivity contribution in [3.63, 3.8) is 0 Å². The first-order chi connectivity index (χ1) is 17.3. The van der Waals surface area contributed by atoms with Crippen LogP contribution in [0.5, 0.6) is 5.75 Å². The van der Waals surface area contributed by atoms with E-state index in [9.17, 15) is 18.0 Å². The molecule has 1 aromatic carbocycles. The van der Waals surface area contributed by atoms with E-state index in [0.29, 0.717) is 34.0 Å². The Bertz CT molecular complexity index is 1500. The van der Waals surface area contributed by atoms with Crippen LogP contribution in [0.4, 0.5) is 24.5 Å². The average molecular weight is 496 g/mol. The number of H-pyrrole nitrogens is 2. The van der Waals surface area contributed by atoms with Gasteiger partial charge in [0.15, 0.2) is 11.6 Å². The number of alkyl halides is 2. The monoisotopic (exact) mass is 496 g/mol. The van der Waals surface area contributed by atoms with Crippen LogP contribution in [0.1, 0.15) is 22.5 Å². The molecule has 0 unspecified atom stereocenters. The molecule has 8 nitrogen and oxygen atoms in total. The van der Waals surface area contributed by atoms with Crippen LogP contribution in [0.3, 0.4) is 0 Å². The van der Waals surface area contributed by atoms with E-state index < -0.39 is 36.0 Å². The van der Waals surface area contributed by atoms with Gasteiger partial charge in [-0.25, -0.2) is 18.2 Å². The van der Waals surface area contributed by atoms with Gasteiger partial charge >= 0.3 is 0 Å². The molecule has 36 heavy (non-hydrogen) atoms. The number of nitrogens with one attached hydrogen (secondary N) is 5. The van der Waals surface area contributed by atoms with Crippen LogP contribution in [0, 0.1) is 5.82 Å².